The van der Waals surface area contributed by atoms with Gasteiger partial charge in [-0.1, -0.05) is 28.1 Å². The van der Waals surface area contributed by atoms with Crippen molar-refractivity contribution in [3.05, 3.63) is 34.3 Å². The molecule has 2 fully saturated rings. The van der Waals surface area contributed by atoms with Gasteiger partial charge in [-0.15, -0.1) is 0 Å². The molecular weight excluding hydrogens is 332 g/mol. The van der Waals surface area contributed by atoms with Crippen molar-refractivity contribution in [1.29, 1.82) is 0 Å². The lowest BCUT2D eigenvalue weighted by Crippen LogP contribution is -2.46. The van der Waals surface area contributed by atoms with E-state index in [1.165, 1.54) is 5.56 Å². The summed E-state index contributed by atoms with van der Waals surface area (Å²) in [5.41, 5.74) is 1.19. The summed E-state index contributed by atoms with van der Waals surface area (Å²) in [7, 11) is 0. The molecule has 0 radical (unpaired) electrons. The summed E-state index contributed by atoms with van der Waals surface area (Å²) in [5, 5.41) is 5.77. The molecule has 1 saturated heterocycles. The van der Waals surface area contributed by atoms with E-state index in [1.54, 1.807) is 0 Å². The van der Waals surface area contributed by atoms with Gasteiger partial charge in [0.05, 0.1) is 0 Å². The van der Waals surface area contributed by atoms with Crippen molar-refractivity contribution in [1.82, 2.24) is 10.6 Å². The summed E-state index contributed by atoms with van der Waals surface area (Å²) < 4.78 is 1.04. The van der Waals surface area contributed by atoms with Crippen molar-refractivity contribution in [3.63, 3.8) is 0 Å². The molecule has 2 amide bonds. The fourth-order valence-electron chi connectivity index (χ4n) is 2.95. The zero-order chi connectivity index (χ0) is 14.8. The minimum absolute atomic E-state index is 0.00959. The average Bonchev–Trinajstić information content (AvgIpc) is 3.26. The third kappa shape index (κ3) is 3.46. The first kappa shape index (κ1) is 14.6. The zero-order valence-electron chi connectivity index (χ0n) is 11.8. The Hall–Kier alpha value is -1.36. The van der Waals surface area contributed by atoms with Crippen LogP contribution in [0.3, 0.4) is 0 Å². The molecule has 0 spiro atoms. The number of carbonyl (C=O) groups is 2. The molecule has 1 aromatic carbocycles. The SMILES string of the molecule is O=C1NCCCCC1NC(=O)C1CC1c1cccc(Br)c1. The van der Waals surface area contributed by atoms with Crippen LogP contribution < -0.4 is 10.6 Å². The second kappa shape index (κ2) is 6.18. The molecule has 1 aliphatic heterocycles. The number of nitrogens with one attached hydrogen (secondary N) is 2. The van der Waals surface area contributed by atoms with Crippen molar-refractivity contribution < 1.29 is 9.59 Å². The molecule has 1 heterocycles. The quantitative estimate of drug-likeness (QED) is 0.878. The van der Waals surface area contributed by atoms with Crippen molar-refractivity contribution in [2.45, 2.75) is 37.6 Å². The van der Waals surface area contributed by atoms with E-state index in [0.717, 1.165) is 36.7 Å². The lowest BCUT2D eigenvalue weighted by molar-refractivity contribution is -0.129. The number of benzene rings is 1. The molecule has 0 aromatic heterocycles. The molecule has 5 heteroatoms. The molecule has 1 aromatic rings. The normalized spacial score (nSPS) is 28.4. The minimum atomic E-state index is -0.358. The highest BCUT2D eigenvalue weighted by Gasteiger charge is 2.44. The highest BCUT2D eigenvalue weighted by atomic mass is 79.9. The Morgan fingerprint density at radius 3 is 3.00 bits per heavy atom. The summed E-state index contributed by atoms with van der Waals surface area (Å²) in [6, 6.07) is 7.74. The molecule has 3 rings (SSSR count). The third-order valence-electron chi connectivity index (χ3n) is 4.26. The van der Waals surface area contributed by atoms with Gasteiger partial charge in [-0.05, 0) is 49.3 Å². The van der Waals surface area contributed by atoms with E-state index >= 15 is 0 Å². The highest BCUT2D eigenvalue weighted by molar-refractivity contribution is 9.10. The van der Waals surface area contributed by atoms with Crippen molar-refractivity contribution >= 4 is 27.7 Å². The van der Waals surface area contributed by atoms with Crippen LogP contribution in [0.4, 0.5) is 0 Å². The Kier molecular flexibility index (Phi) is 4.29. The first-order valence-corrected chi connectivity index (χ1v) is 8.28. The van der Waals surface area contributed by atoms with Crippen molar-refractivity contribution in [2.24, 2.45) is 5.92 Å². The van der Waals surface area contributed by atoms with E-state index in [2.05, 4.69) is 38.7 Å². The van der Waals surface area contributed by atoms with Crippen LogP contribution in [-0.4, -0.2) is 24.4 Å². The highest BCUT2D eigenvalue weighted by Crippen LogP contribution is 2.48. The van der Waals surface area contributed by atoms with Gasteiger partial charge >= 0.3 is 0 Å². The smallest absolute Gasteiger partial charge is 0.242 e. The van der Waals surface area contributed by atoms with Gasteiger partial charge in [0.25, 0.3) is 0 Å². The van der Waals surface area contributed by atoms with Gasteiger partial charge < -0.3 is 10.6 Å². The second-order valence-corrected chi connectivity index (χ2v) is 6.77. The van der Waals surface area contributed by atoms with Crippen LogP contribution in [0.25, 0.3) is 0 Å². The number of halogens is 1. The summed E-state index contributed by atoms with van der Waals surface area (Å²) in [6.45, 7) is 0.718. The van der Waals surface area contributed by atoms with E-state index in [9.17, 15) is 9.59 Å². The van der Waals surface area contributed by atoms with Gasteiger partial charge in [0, 0.05) is 16.9 Å². The molecule has 21 heavy (non-hydrogen) atoms. The molecule has 2 N–H and O–H groups in total. The lowest BCUT2D eigenvalue weighted by atomic mass is 10.1. The van der Waals surface area contributed by atoms with E-state index in [1.807, 2.05) is 12.1 Å². The number of carbonyl (C=O) groups excluding carboxylic acids is 2. The van der Waals surface area contributed by atoms with Gasteiger partial charge in [-0.3, -0.25) is 9.59 Å². The fourth-order valence-corrected chi connectivity index (χ4v) is 3.36. The largest absolute Gasteiger partial charge is 0.354 e. The molecule has 1 saturated carbocycles. The summed E-state index contributed by atoms with van der Waals surface area (Å²) in [6.07, 6.45) is 3.58. The van der Waals surface area contributed by atoms with Crippen LogP contribution >= 0.6 is 15.9 Å². The molecular formula is C16H19BrN2O2. The van der Waals surface area contributed by atoms with Gasteiger partial charge in [0.2, 0.25) is 11.8 Å². The molecule has 2 aliphatic rings. The number of amides is 2. The maximum atomic E-state index is 12.3. The van der Waals surface area contributed by atoms with Crippen LogP contribution in [0.2, 0.25) is 0 Å². The number of rotatable bonds is 3. The van der Waals surface area contributed by atoms with Crippen LogP contribution in [0.5, 0.6) is 0 Å². The first-order valence-electron chi connectivity index (χ1n) is 7.48. The van der Waals surface area contributed by atoms with Crippen LogP contribution in [0, 0.1) is 5.92 Å². The topological polar surface area (TPSA) is 58.2 Å². The monoisotopic (exact) mass is 350 g/mol. The van der Waals surface area contributed by atoms with Gasteiger partial charge in [0.1, 0.15) is 6.04 Å². The number of hydrogen-bond acceptors (Lipinski definition) is 2. The lowest BCUT2D eigenvalue weighted by Gasteiger charge is -2.15. The standard InChI is InChI=1S/C16H19BrN2O2/c17-11-5-3-4-10(8-11)12-9-13(12)15(20)19-14-6-1-2-7-18-16(14)21/h3-5,8,12-14H,1-2,6-7,9H2,(H,18,21)(H,19,20). The molecule has 3 unspecified atom stereocenters. The Morgan fingerprint density at radius 1 is 1.33 bits per heavy atom. The third-order valence-corrected chi connectivity index (χ3v) is 4.75. The molecule has 0 bridgehead atoms. The van der Waals surface area contributed by atoms with Crippen molar-refractivity contribution in [2.75, 3.05) is 6.54 Å². The first-order chi connectivity index (χ1) is 10.1. The molecule has 1 aliphatic carbocycles. The van der Waals surface area contributed by atoms with E-state index in [-0.39, 0.29) is 29.7 Å². The van der Waals surface area contributed by atoms with Crippen LogP contribution in [0.15, 0.2) is 28.7 Å². The van der Waals surface area contributed by atoms with Crippen LogP contribution in [-0.2, 0) is 9.59 Å². The predicted octanol–water partition coefficient (Wildman–Crippen LogP) is 2.34. The average molecular weight is 351 g/mol. The van der Waals surface area contributed by atoms with E-state index in [4.69, 9.17) is 0 Å². The molecule has 112 valence electrons. The Balaban J connectivity index is 1.58. The van der Waals surface area contributed by atoms with Gasteiger partial charge in [-0.2, -0.15) is 0 Å². The Morgan fingerprint density at radius 2 is 2.19 bits per heavy atom. The second-order valence-electron chi connectivity index (χ2n) is 5.85. The summed E-state index contributed by atoms with van der Waals surface area (Å²) >= 11 is 3.46. The van der Waals surface area contributed by atoms with Gasteiger partial charge in [0.15, 0.2) is 0 Å². The Labute approximate surface area is 132 Å². The Bertz CT molecular complexity index is 561. The fraction of sp³-hybridized carbons (Fsp3) is 0.500. The predicted molar refractivity (Wildman–Crippen MR) is 83.8 cm³/mol. The number of hydrogen-bond donors (Lipinski definition) is 2. The summed E-state index contributed by atoms with van der Waals surface area (Å²) in [4.78, 5) is 24.2. The maximum Gasteiger partial charge on any atom is 0.242 e. The molecule has 3 atom stereocenters. The maximum absolute atomic E-state index is 12.3. The van der Waals surface area contributed by atoms with E-state index < -0.39 is 0 Å². The zero-order valence-corrected chi connectivity index (χ0v) is 13.4. The van der Waals surface area contributed by atoms with Gasteiger partial charge in [-0.25, -0.2) is 0 Å². The summed E-state index contributed by atoms with van der Waals surface area (Å²) in [5.74, 6) is 0.272. The molecule has 4 nitrogen and oxygen atoms in total. The van der Waals surface area contributed by atoms with Crippen LogP contribution in [0.1, 0.15) is 37.2 Å². The van der Waals surface area contributed by atoms with E-state index in [0.29, 0.717) is 0 Å². The van der Waals surface area contributed by atoms with Crippen molar-refractivity contribution in [3.8, 4) is 0 Å². The minimum Gasteiger partial charge on any atom is -0.354 e.